The van der Waals surface area contributed by atoms with Crippen molar-refractivity contribution in [1.29, 1.82) is 0 Å². The topological polar surface area (TPSA) is 40.6 Å². The average Bonchev–Trinajstić information content (AvgIpc) is 3.32. The van der Waals surface area contributed by atoms with E-state index in [0.717, 1.165) is 82.8 Å². The highest BCUT2D eigenvalue weighted by Gasteiger charge is 2.42. The largest absolute Gasteiger partial charge is 0.307 e. The van der Waals surface area contributed by atoms with E-state index in [1.54, 1.807) is 0 Å². The summed E-state index contributed by atoms with van der Waals surface area (Å²) in [5.41, 5.74) is 4.63. The third-order valence-corrected chi connectivity index (χ3v) is 9.16. The molecular weight excluding hydrogens is 604 g/mol. The van der Waals surface area contributed by atoms with Gasteiger partial charge in [-0.05, 0) is 48.9 Å². The summed E-state index contributed by atoms with van der Waals surface area (Å²) in [7, 11) is 0. The Morgan fingerprint density at radius 3 is 1.39 bits per heavy atom. The summed E-state index contributed by atoms with van der Waals surface area (Å²) in [6.07, 6.45) is 8.87. The molecule has 2 aromatic rings. The number of unbranched alkanes of at least 4 members (excludes halogenated alkanes) is 2. The summed E-state index contributed by atoms with van der Waals surface area (Å²) in [5, 5.41) is 0. The van der Waals surface area contributed by atoms with Gasteiger partial charge in [-0.25, -0.2) is 0 Å². The summed E-state index contributed by atoms with van der Waals surface area (Å²) in [6.45, 7) is 10.2. The lowest BCUT2D eigenvalue weighted by atomic mass is 9.96. The number of fused-ring (bicyclic) bond motifs is 2. The predicted octanol–water partition coefficient (Wildman–Crippen LogP) is 9.25. The number of carbonyl (C=O) groups excluding carboxylic acids is 2. The van der Waals surface area contributed by atoms with Crippen LogP contribution < -0.4 is 9.80 Å². The molecule has 0 N–H and O–H groups in total. The molecule has 0 aromatic heterocycles. The van der Waals surface area contributed by atoms with Crippen molar-refractivity contribution >= 4 is 66.2 Å². The Morgan fingerprint density at radius 1 is 0.658 bits per heavy atom. The Morgan fingerprint density at radius 2 is 1.05 bits per heavy atom. The molecule has 2 aliphatic heterocycles. The molecule has 0 saturated carbocycles. The Labute approximate surface area is 245 Å². The van der Waals surface area contributed by atoms with Crippen LogP contribution >= 0.6 is 31.9 Å². The number of nitrogens with zero attached hydrogens (tertiary/aromatic N) is 2. The monoisotopic (exact) mass is 642 g/mol. The lowest BCUT2D eigenvalue weighted by Crippen LogP contribution is -2.34. The van der Waals surface area contributed by atoms with Crippen LogP contribution in [0.2, 0.25) is 0 Å². The van der Waals surface area contributed by atoms with Gasteiger partial charge in [0.1, 0.15) is 0 Å². The maximum absolute atomic E-state index is 14.2. The van der Waals surface area contributed by atoms with Gasteiger partial charge in [0.25, 0.3) is 11.8 Å². The molecule has 0 radical (unpaired) electrons. The van der Waals surface area contributed by atoms with Gasteiger partial charge in [0.2, 0.25) is 0 Å². The van der Waals surface area contributed by atoms with Crippen molar-refractivity contribution in [3.63, 3.8) is 0 Å². The van der Waals surface area contributed by atoms with Crippen molar-refractivity contribution in [2.75, 3.05) is 22.9 Å². The van der Waals surface area contributed by atoms with Crippen LogP contribution in [0, 0.1) is 11.8 Å². The minimum atomic E-state index is -0.0508. The van der Waals surface area contributed by atoms with Gasteiger partial charge in [-0.2, -0.15) is 0 Å². The summed E-state index contributed by atoms with van der Waals surface area (Å²) in [5.74, 6) is 0.756. The second-order valence-corrected chi connectivity index (χ2v) is 12.6. The van der Waals surface area contributed by atoms with Crippen molar-refractivity contribution in [1.82, 2.24) is 0 Å². The van der Waals surface area contributed by atoms with Crippen molar-refractivity contribution in [2.45, 2.75) is 79.1 Å². The predicted molar refractivity (Wildman–Crippen MR) is 166 cm³/mol. The molecule has 2 amide bonds. The lowest BCUT2D eigenvalue weighted by Gasteiger charge is -2.24. The SMILES string of the molecule is CCCC[C@@H](CC)CN1C(=O)/C(=C2/C(=O)N(C[C@H](CC)CCCC)c3cc(Br)ccc32)c2ccc(Br)cc21. The van der Waals surface area contributed by atoms with Crippen LogP contribution in [0.15, 0.2) is 45.3 Å². The highest BCUT2D eigenvalue weighted by atomic mass is 79.9. The summed E-state index contributed by atoms with van der Waals surface area (Å²) < 4.78 is 1.87. The maximum atomic E-state index is 14.2. The van der Waals surface area contributed by atoms with Crippen LogP contribution in [0.4, 0.5) is 11.4 Å². The van der Waals surface area contributed by atoms with Crippen LogP contribution in [0.1, 0.15) is 90.2 Å². The van der Waals surface area contributed by atoms with E-state index < -0.39 is 0 Å². The van der Waals surface area contributed by atoms with Gasteiger partial charge < -0.3 is 9.80 Å². The van der Waals surface area contributed by atoms with Gasteiger partial charge >= 0.3 is 0 Å². The highest BCUT2D eigenvalue weighted by Crippen LogP contribution is 2.48. The van der Waals surface area contributed by atoms with Crippen molar-refractivity contribution < 1.29 is 9.59 Å². The fourth-order valence-electron chi connectivity index (χ4n) is 5.79. The van der Waals surface area contributed by atoms with Gasteiger partial charge in [-0.15, -0.1) is 0 Å². The number of halogens is 2. The Kier molecular flexibility index (Phi) is 9.91. The minimum absolute atomic E-state index is 0.0508. The lowest BCUT2D eigenvalue weighted by molar-refractivity contribution is -0.114. The fraction of sp³-hybridized carbons (Fsp3) is 0.500. The zero-order valence-corrected chi connectivity index (χ0v) is 26.3. The van der Waals surface area contributed by atoms with Crippen molar-refractivity contribution in [2.24, 2.45) is 11.8 Å². The van der Waals surface area contributed by atoms with Gasteiger partial charge in [0.15, 0.2) is 0 Å². The quantitative estimate of drug-likeness (QED) is 0.216. The van der Waals surface area contributed by atoms with Crippen molar-refractivity contribution in [3.05, 3.63) is 56.5 Å². The minimum Gasteiger partial charge on any atom is -0.307 e. The Bertz CT molecular complexity index is 1130. The van der Waals surface area contributed by atoms with E-state index in [4.69, 9.17) is 0 Å². The molecule has 2 aromatic carbocycles. The fourth-order valence-corrected chi connectivity index (χ4v) is 6.49. The molecule has 2 atom stereocenters. The molecule has 0 fully saturated rings. The van der Waals surface area contributed by atoms with E-state index >= 15 is 0 Å². The van der Waals surface area contributed by atoms with E-state index in [0.29, 0.717) is 36.1 Å². The second kappa shape index (κ2) is 13.0. The van der Waals surface area contributed by atoms with Crippen LogP contribution in [-0.4, -0.2) is 24.9 Å². The first-order valence-electron chi connectivity index (χ1n) is 14.3. The third kappa shape index (κ3) is 5.82. The first kappa shape index (κ1) is 29.1. The molecule has 2 aliphatic rings. The molecule has 2 heterocycles. The molecule has 4 nitrogen and oxygen atoms in total. The number of rotatable bonds is 12. The smallest absolute Gasteiger partial charge is 0.259 e. The zero-order valence-electron chi connectivity index (χ0n) is 23.2. The number of hydrogen-bond donors (Lipinski definition) is 0. The number of benzene rings is 2. The normalized spacial score (nSPS) is 18.3. The van der Waals surface area contributed by atoms with E-state index in [-0.39, 0.29) is 11.8 Å². The molecular formula is C32H40Br2N2O2. The molecule has 38 heavy (non-hydrogen) atoms. The first-order valence-corrected chi connectivity index (χ1v) is 15.9. The number of anilines is 2. The molecule has 0 spiro atoms. The molecule has 6 heteroatoms. The molecule has 204 valence electrons. The number of carbonyl (C=O) groups is 2. The van der Waals surface area contributed by atoms with Gasteiger partial charge in [-0.3, -0.25) is 9.59 Å². The zero-order chi connectivity index (χ0) is 27.4. The Balaban J connectivity index is 1.81. The number of hydrogen-bond acceptors (Lipinski definition) is 2. The molecule has 0 aliphatic carbocycles. The van der Waals surface area contributed by atoms with Crippen molar-refractivity contribution in [3.8, 4) is 0 Å². The molecule has 0 bridgehead atoms. The van der Waals surface area contributed by atoms with E-state index in [2.05, 4.69) is 59.6 Å². The maximum Gasteiger partial charge on any atom is 0.259 e. The van der Waals surface area contributed by atoms with Crippen LogP contribution in [-0.2, 0) is 9.59 Å². The number of amides is 2. The van der Waals surface area contributed by atoms with E-state index in [9.17, 15) is 9.59 Å². The molecule has 0 saturated heterocycles. The summed E-state index contributed by atoms with van der Waals surface area (Å²) >= 11 is 7.23. The molecule has 0 unspecified atom stereocenters. The average molecular weight is 644 g/mol. The second-order valence-electron chi connectivity index (χ2n) is 10.7. The highest BCUT2D eigenvalue weighted by molar-refractivity contribution is 9.10. The standard InChI is InChI=1S/C32H40Br2N2O2/c1-5-9-11-21(7-3)19-35-27-17-23(33)13-15-25(27)29(31(35)37)30-26-16-14-24(34)18-28(26)36(32(30)38)20-22(8-4)12-10-6-2/h13-18,21-22H,5-12,19-20H2,1-4H3/b30-29+/t21-,22-/m1/s1. The van der Waals surface area contributed by atoms with E-state index in [1.807, 2.05) is 46.2 Å². The van der Waals surface area contributed by atoms with Crippen LogP contribution in [0.3, 0.4) is 0 Å². The van der Waals surface area contributed by atoms with E-state index in [1.165, 1.54) is 0 Å². The van der Waals surface area contributed by atoms with Crippen LogP contribution in [0.5, 0.6) is 0 Å². The third-order valence-electron chi connectivity index (χ3n) is 8.18. The summed E-state index contributed by atoms with van der Waals surface area (Å²) in [6, 6.07) is 12.0. The van der Waals surface area contributed by atoms with Gasteiger partial charge in [0, 0.05) is 33.2 Å². The van der Waals surface area contributed by atoms with Gasteiger partial charge in [-0.1, -0.05) is 110 Å². The van der Waals surface area contributed by atoms with Gasteiger partial charge in [0.05, 0.1) is 22.5 Å². The summed E-state index contributed by atoms with van der Waals surface area (Å²) in [4.78, 5) is 32.3. The molecule has 4 rings (SSSR count). The first-order chi connectivity index (χ1) is 18.3. The Hall–Kier alpha value is -1.92. The van der Waals surface area contributed by atoms with Crippen LogP contribution in [0.25, 0.3) is 11.1 Å².